The normalized spacial score (nSPS) is 10.8. The van der Waals surface area contributed by atoms with Crippen LogP contribution in [0.4, 0.5) is 5.69 Å². The Bertz CT molecular complexity index is 778. The molecule has 2 aromatic heterocycles. The molecule has 0 amide bonds. The van der Waals surface area contributed by atoms with Gasteiger partial charge in [0, 0.05) is 18.1 Å². The lowest BCUT2D eigenvalue weighted by Gasteiger charge is -2.05. The van der Waals surface area contributed by atoms with Gasteiger partial charge >= 0.3 is 0 Å². The van der Waals surface area contributed by atoms with Crippen LogP contribution >= 0.6 is 0 Å². The topological polar surface area (TPSA) is 86.7 Å². The zero-order chi connectivity index (χ0) is 13.4. The summed E-state index contributed by atoms with van der Waals surface area (Å²) in [4.78, 5) is 16.6. The number of benzene rings is 1. The Balaban J connectivity index is 2.16. The number of para-hydroxylation sites is 1. The maximum atomic E-state index is 12.3. The molecule has 2 heterocycles. The molecule has 1 aromatic carbocycles. The quantitative estimate of drug-likeness (QED) is 0.693. The molecule has 94 valence electrons. The predicted octanol–water partition coefficient (Wildman–Crippen LogP) is 1.18. The van der Waals surface area contributed by atoms with Gasteiger partial charge in [-0.1, -0.05) is 23.4 Å². The molecule has 0 spiro atoms. The van der Waals surface area contributed by atoms with Crippen molar-refractivity contribution in [2.45, 2.75) is 0 Å². The third kappa shape index (κ3) is 1.83. The second-order valence-electron chi connectivity index (χ2n) is 4.19. The molecule has 0 saturated heterocycles. The lowest BCUT2D eigenvalue weighted by atomic mass is 10.1. The van der Waals surface area contributed by atoms with Crippen molar-refractivity contribution in [3.63, 3.8) is 0 Å². The van der Waals surface area contributed by atoms with Crippen molar-refractivity contribution in [1.29, 1.82) is 0 Å². The van der Waals surface area contributed by atoms with Gasteiger partial charge < -0.3 is 5.73 Å². The Morgan fingerprint density at radius 1 is 1.32 bits per heavy atom. The van der Waals surface area contributed by atoms with Crippen molar-refractivity contribution < 1.29 is 4.79 Å². The number of hydrogen-bond donors (Lipinski definition) is 1. The van der Waals surface area contributed by atoms with Gasteiger partial charge in [-0.2, -0.15) is 0 Å². The second-order valence-corrected chi connectivity index (χ2v) is 4.19. The maximum absolute atomic E-state index is 12.3. The first-order valence-electron chi connectivity index (χ1n) is 5.71. The van der Waals surface area contributed by atoms with Crippen LogP contribution < -0.4 is 5.73 Å². The van der Waals surface area contributed by atoms with Crippen LogP contribution in [0, 0.1) is 0 Å². The number of nitrogen functional groups attached to an aromatic ring is 1. The summed E-state index contributed by atoms with van der Waals surface area (Å²) >= 11 is 0. The van der Waals surface area contributed by atoms with E-state index in [2.05, 4.69) is 15.3 Å². The molecule has 0 radical (unpaired) electrons. The minimum Gasteiger partial charge on any atom is -0.398 e. The van der Waals surface area contributed by atoms with Crippen molar-refractivity contribution in [3.05, 3.63) is 47.9 Å². The van der Waals surface area contributed by atoms with Crippen molar-refractivity contribution in [3.8, 4) is 0 Å². The van der Waals surface area contributed by atoms with E-state index in [1.54, 1.807) is 13.1 Å². The predicted molar refractivity (Wildman–Crippen MR) is 70.6 cm³/mol. The average Bonchev–Trinajstić information content (AvgIpc) is 2.84. The van der Waals surface area contributed by atoms with Crippen LogP contribution in [0.25, 0.3) is 10.9 Å². The van der Waals surface area contributed by atoms with E-state index in [-0.39, 0.29) is 5.78 Å². The van der Waals surface area contributed by atoms with E-state index >= 15 is 0 Å². The number of fused-ring (bicyclic) bond motifs is 1. The van der Waals surface area contributed by atoms with Gasteiger partial charge in [0.15, 0.2) is 0 Å². The molecule has 0 aliphatic heterocycles. The fourth-order valence-electron chi connectivity index (χ4n) is 1.95. The molecule has 0 aliphatic rings. The van der Waals surface area contributed by atoms with Crippen molar-refractivity contribution in [2.75, 3.05) is 5.73 Å². The van der Waals surface area contributed by atoms with E-state index < -0.39 is 0 Å². The zero-order valence-corrected chi connectivity index (χ0v) is 10.2. The molecule has 0 aliphatic carbocycles. The van der Waals surface area contributed by atoms with Crippen LogP contribution in [0.15, 0.2) is 36.5 Å². The van der Waals surface area contributed by atoms with Gasteiger partial charge in [-0.15, -0.1) is 5.10 Å². The number of anilines is 1. The number of carbonyl (C=O) groups excluding carboxylic acids is 1. The van der Waals surface area contributed by atoms with Crippen LogP contribution in [-0.4, -0.2) is 25.8 Å². The van der Waals surface area contributed by atoms with Gasteiger partial charge in [-0.25, -0.2) is 9.67 Å². The van der Waals surface area contributed by atoms with E-state index in [0.717, 1.165) is 5.39 Å². The third-order valence-corrected chi connectivity index (χ3v) is 2.93. The smallest absolute Gasteiger partial charge is 0.231 e. The number of rotatable bonds is 2. The first-order valence-corrected chi connectivity index (χ1v) is 5.71. The fraction of sp³-hybridized carbons (Fsp3) is 0.0769. The molecule has 0 saturated carbocycles. The van der Waals surface area contributed by atoms with Gasteiger partial charge in [-0.05, 0) is 12.1 Å². The number of aryl methyl sites for hydroxylation is 1. The van der Waals surface area contributed by atoms with Crippen LogP contribution in [-0.2, 0) is 7.05 Å². The summed E-state index contributed by atoms with van der Waals surface area (Å²) in [6.07, 6.45) is 1.41. The summed E-state index contributed by atoms with van der Waals surface area (Å²) in [5.41, 5.74) is 7.85. The number of pyridine rings is 1. The Morgan fingerprint density at radius 2 is 2.11 bits per heavy atom. The summed E-state index contributed by atoms with van der Waals surface area (Å²) in [5, 5.41) is 8.26. The molecule has 6 heteroatoms. The minimum absolute atomic E-state index is 0.245. The zero-order valence-electron chi connectivity index (χ0n) is 10.2. The second kappa shape index (κ2) is 4.16. The van der Waals surface area contributed by atoms with Crippen molar-refractivity contribution in [1.82, 2.24) is 20.0 Å². The molecule has 6 nitrogen and oxygen atoms in total. The number of hydrogen-bond acceptors (Lipinski definition) is 5. The third-order valence-electron chi connectivity index (χ3n) is 2.93. The van der Waals surface area contributed by atoms with E-state index in [4.69, 9.17) is 5.73 Å². The fourth-order valence-corrected chi connectivity index (χ4v) is 1.95. The first-order chi connectivity index (χ1) is 9.16. The monoisotopic (exact) mass is 253 g/mol. The van der Waals surface area contributed by atoms with Crippen LogP contribution in [0.5, 0.6) is 0 Å². The van der Waals surface area contributed by atoms with Crippen molar-refractivity contribution >= 4 is 22.4 Å². The number of carbonyl (C=O) groups is 1. The van der Waals surface area contributed by atoms with E-state index in [1.807, 2.05) is 24.3 Å². The Morgan fingerprint density at radius 3 is 2.84 bits per heavy atom. The maximum Gasteiger partial charge on any atom is 0.231 e. The SMILES string of the molecule is Cn1nncc1C(=O)c1cc(N)c2ccccc2n1. The number of ketones is 1. The van der Waals surface area contributed by atoms with E-state index in [9.17, 15) is 4.79 Å². The van der Waals surface area contributed by atoms with E-state index in [1.165, 1.54) is 10.9 Å². The molecular formula is C13H11N5O. The number of nitrogens with zero attached hydrogens (tertiary/aromatic N) is 4. The molecule has 0 atom stereocenters. The molecule has 3 rings (SSSR count). The lowest BCUT2D eigenvalue weighted by Crippen LogP contribution is -2.10. The molecule has 2 N–H and O–H groups in total. The summed E-state index contributed by atoms with van der Waals surface area (Å²) in [6.45, 7) is 0. The summed E-state index contributed by atoms with van der Waals surface area (Å²) in [7, 11) is 1.66. The highest BCUT2D eigenvalue weighted by Crippen LogP contribution is 2.21. The Hall–Kier alpha value is -2.76. The van der Waals surface area contributed by atoms with Gasteiger partial charge in [0.2, 0.25) is 5.78 Å². The molecule has 0 bridgehead atoms. The van der Waals surface area contributed by atoms with Gasteiger partial charge in [0.25, 0.3) is 0 Å². The first kappa shape index (κ1) is 11.3. The molecule has 3 aromatic rings. The highest BCUT2D eigenvalue weighted by Gasteiger charge is 2.16. The molecule has 0 fully saturated rings. The van der Waals surface area contributed by atoms with E-state index in [0.29, 0.717) is 22.6 Å². The average molecular weight is 253 g/mol. The highest BCUT2D eigenvalue weighted by atomic mass is 16.1. The minimum atomic E-state index is -0.245. The molecule has 19 heavy (non-hydrogen) atoms. The number of aromatic nitrogens is 4. The largest absolute Gasteiger partial charge is 0.398 e. The standard InChI is InChI=1S/C13H11N5O/c1-18-12(7-15-17-18)13(19)11-6-9(14)8-4-2-3-5-10(8)16-11/h2-7H,1H3,(H2,14,16). The Labute approximate surface area is 108 Å². The summed E-state index contributed by atoms with van der Waals surface area (Å²) in [5.74, 6) is -0.245. The lowest BCUT2D eigenvalue weighted by molar-refractivity contribution is 0.102. The van der Waals surface area contributed by atoms with Crippen LogP contribution in [0.3, 0.4) is 0 Å². The summed E-state index contributed by atoms with van der Waals surface area (Å²) in [6, 6.07) is 9.01. The van der Waals surface area contributed by atoms with Crippen LogP contribution in [0.1, 0.15) is 16.2 Å². The summed E-state index contributed by atoms with van der Waals surface area (Å²) < 4.78 is 1.41. The van der Waals surface area contributed by atoms with Gasteiger partial charge in [-0.3, -0.25) is 4.79 Å². The Kier molecular flexibility index (Phi) is 2.49. The number of nitrogens with two attached hydrogens (primary N) is 1. The van der Waals surface area contributed by atoms with Gasteiger partial charge in [0.1, 0.15) is 11.4 Å². The highest BCUT2D eigenvalue weighted by molar-refractivity contribution is 6.08. The van der Waals surface area contributed by atoms with Gasteiger partial charge in [0.05, 0.1) is 11.7 Å². The van der Waals surface area contributed by atoms with Crippen molar-refractivity contribution in [2.24, 2.45) is 7.05 Å². The van der Waals surface area contributed by atoms with Crippen LogP contribution in [0.2, 0.25) is 0 Å². The molecular weight excluding hydrogens is 242 g/mol. The molecule has 0 unspecified atom stereocenters.